The van der Waals surface area contributed by atoms with Gasteiger partial charge in [-0.25, -0.2) is 4.98 Å². The molecule has 1 N–H and O–H groups in total. The smallest absolute Gasteiger partial charge is 0.231 e. The van der Waals surface area contributed by atoms with Crippen LogP contribution in [0.5, 0.6) is 5.75 Å². The van der Waals surface area contributed by atoms with E-state index in [-0.39, 0.29) is 5.75 Å². The first-order valence-corrected chi connectivity index (χ1v) is 13.0. The van der Waals surface area contributed by atoms with Crippen LogP contribution in [0.1, 0.15) is 22.3 Å². The fourth-order valence-corrected chi connectivity index (χ4v) is 5.64. The summed E-state index contributed by atoms with van der Waals surface area (Å²) >= 11 is 3.60. The number of rotatable bonds is 3. The van der Waals surface area contributed by atoms with Crippen molar-refractivity contribution in [3.8, 4) is 17.2 Å². The molecule has 3 heterocycles. The summed E-state index contributed by atoms with van der Waals surface area (Å²) in [6, 6.07) is 24.2. The van der Waals surface area contributed by atoms with Crippen LogP contribution in [0.15, 0.2) is 86.7 Å². The lowest BCUT2D eigenvalue weighted by Gasteiger charge is -2.44. The lowest BCUT2D eigenvalue weighted by Crippen LogP contribution is -2.46. The molecule has 4 aromatic carbocycles. The Labute approximate surface area is 222 Å². The number of aliphatic imine (C=N–C) groups is 1. The third-order valence-corrected chi connectivity index (χ3v) is 7.50. The number of nitrogens with zero attached hydrogens (tertiary/aromatic N) is 4. The van der Waals surface area contributed by atoms with Gasteiger partial charge in [-0.15, -0.1) is 0 Å². The quantitative estimate of drug-likeness (QED) is 0.238. The number of aromatic hydroxyl groups is 1. The minimum Gasteiger partial charge on any atom is -0.507 e. The van der Waals surface area contributed by atoms with Crippen LogP contribution < -0.4 is 9.80 Å². The molecule has 0 radical (unpaired) electrons. The number of hydrogen-bond acceptors (Lipinski definition) is 6. The lowest BCUT2D eigenvalue weighted by molar-refractivity contribution is 0.474. The summed E-state index contributed by atoms with van der Waals surface area (Å²) in [6.07, 6.45) is 1.84. The summed E-state index contributed by atoms with van der Waals surface area (Å²) in [5, 5.41) is 10.7. The molecule has 2 aliphatic heterocycles. The summed E-state index contributed by atoms with van der Waals surface area (Å²) in [5.41, 5.74) is 10.0. The van der Waals surface area contributed by atoms with Gasteiger partial charge in [0.15, 0.2) is 5.58 Å². The van der Waals surface area contributed by atoms with E-state index >= 15 is 0 Å². The van der Waals surface area contributed by atoms with Gasteiger partial charge in [0.05, 0.1) is 17.9 Å². The molecule has 1 aromatic heterocycles. The lowest BCUT2D eigenvalue weighted by atomic mass is 10.0. The molecule has 6 nitrogen and oxygen atoms in total. The number of fused-ring (bicyclic) bond motifs is 7. The monoisotopic (exact) mass is 550 g/mol. The topological polar surface area (TPSA) is 65.1 Å². The molecule has 0 aliphatic carbocycles. The van der Waals surface area contributed by atoms with Crippen molar-refractivity contribution in [1.82, 2.24) is 4.98 Å². The number of benzene rings is 4. The van der Waals surface area contributed by atoms with Gasteiger partial charge < -0.3 is 19.3 Å². The van der Waals surface area contributed by atoms with Crippen molar-refractivity contribution >= 4 is 50.3 Å². The van der Waals surface area contributed by atoms with E-state index in [0.29, 0.717) is 22.7 Å². The van der Waals surface area contributed by atoms with E-state index in [2.05, 4.69) is 72.1 Å². The predicted octanol–water partition coefficient (Wildman–Crippen LogP) is 7.32. The molecule has 0 saturated heterocycles. The highest BCUT2D eigenvalue weighted by Gasteiger charge is 2.29. The van der Waals surface area contributed by atoms with Crippen LogP contribution in [0, 0.1) is 6.92 Å². The van der Waals surface area contributed by atoms with Gasteiger partial charge >= 0.3 is 0 Å². The van der Waals surface area contributed by atoms with Gasteiger partial charge in [0.25, 0.3) is 0 Å². The number of anilines is 2. The Balaban J connectivity index is 1.13. The van der Waals surface area contributed by atoms with Gasteiger partial charge in [-0.05, 0) is 83.8 Å². The van der Waals surface area contributed by atoms with Gasteiger partial charge in [0.2, 0.25) is 5.89 Å². The summed E-state index contributed by atoms with van der Waals surface area (Å²) in [7, 11) is 0. The van der Waals surface area contributed by atoms with Crippen LogP contribution >= 0.6 is 15.9 Å². The van der Waals surface area contributed by atoms with Gasteiger partial charge in [0.1, 0.15) is 11.3 Å². The average Bonchev–Trinajstić information content (AvgIpc) is 3.30. The molecule has 37 heavy (non-hydrogen) atoms. The number of phenols is 1. The molecule has 0 atom stereocenters. The van der Waals surface area contributed by atoms with Crippen molar-refractivity contribution in [3.63, 3.8) is 0 Å². The Kier molecular flexibility index (Phi) is 5.08. The maximum Gasteiger partial charge on any atom is 0.231 e. The van der Waals surface area contributed by atoms with Crippen molar-refractivity contribution in [2.24, 2.45) is 4.99 Å². The van der Waals surface area contributed by atoms with Gasteiger partial charge in [-0.1, -0.05) is 28.1 Å². The van der Waals surface area contributed by atoms with Gasteiger partial charge in [0, 0.05) is 41.2 Å². The number of halogens is 1. The maximum atomic E-state index is 10.7. The SMILES string of the molecule is Cc1ccc2oc(-c3ccc(/N=C/c4ccc5c(c4)CN4CN5Cc5cc(Br)ccc54)cc3O)nc2c1. The molecule has 0 fully saturated rings. The summed E-state index contributed by atoms with van der Waals surface area (Å²) in [6.45, 7) is 4.68. The highest BCUT2D eigenvalue weighted by atomic mass is 79.9. The first-order chi connectivity index (χ1) is 18.0. The van der Waals surface area contributed by atoms with E-state index in [9.17, 15) is 5.11 Å². The zero-order valence-electron chi connectivity index (χ0n) is 20.1. The third kappa shape index (κ3) is 3.96. The van der Waals surface area contributed by atoms with Crippen molar-refractivity contribution in [2.45, 2.75) is 20.0 Å². The van der Waals surface area contributed by atoms with Crippen molar-refractivity contribution in [1.29, 1.82) is 0 Å². The molecule has 0 spiro atoms. The van der Waals surface area contributed by atoms with E-state index in [0.717, 1.165) is 40.9 Å². The summed E-state index contributed by atoms with van der Waals surface area (Å²) in [5.74, 6) is 0.481. The molecule has 2 bridgehead atoms. The Hall–Kier alpha value is -4.10. The fraction of sp³-hybridized carbons (Fsp3) is 0.133. The fourth-order valence-electron chi connectivity index (χ4n) is 5.23. The maximum absolute atomic E-state index is 10.7. The summed E-state index contributed by atoms with van der Waals surface area (Å²) < 4.78 is 6.97. The Morgan fingerprint density at radius 3 is 2.51 bits per heavy atom. The number of hydrogen-bond donors (Lipinski definition) is 1. The molecule has 5 aromatic rings. The number of aryl methyl sites for hydroxylation is 1. The predicted molar refractivity (Wildman–Crippen MR) is 151 cm³/mol. The molecular weight excluding hydrogens is 528 g/mol. The van der Waals surface area contributed by atoms with Crippen LogP contribution in [0.3, 0.4) is 0 Å². The highest BCUT2D eigenvalue weighted by Crippen LogP contribution is 2.39. The second kappa shape index (κ2) is 8.49. The van der Waals surface area contributed by atoms with Crippen molar-refractivity contribution in [2.75, 3.05) is 16.5 Å². The molecule has 7 rings (SSSR count). The number of aromatic nitrogens is 1. The van der Waals surface area contributed by atoms with Crippen LogP contribution in [0.2, 0.25) is 0 Å². The second-order valence-corrected chi connectivity index (χ2v) is 10.6. The Morgan fingerprint density at radius 1 is 0.919 bits per heavy atom. The molecule has 7 heteroatoms. The van der Waals surface area contributed by atoms with E-state index in [1.165, 1.54) is 22.5 Å². The van der Waals surface area contributed by atoms with Gasteiger partial charge in [-0.3, -0.25) is 4.99 Å². The third-order valence-electron chi connectivity index (χ3n) is 7.01. The molecular formula is C30H23BrN4O2. The number of phenolic OH excluding ortho intramolecular Hbond substituents is 1. The Bertz CT molecular complexity index is 1720. The minimum atomic E-state index is 0.0853. The second-order valence-electron chi connectivity index (χ2n) is 9.65. The number of oxazole rings is 1. The minimum absolute atomic E-state index is 0.0853. The summed E-state index contributed by atoms with van der Waals surface area (Å²) in [4.78, 5) is 14.0. The van der Waals surface area contributed by atoms with E-state index in [4.69, 9.17) is 4.42 Å². The van der Waals surface area contributed by atoms with Crippen LogP contribution in [-0.4, -0.2) is 23.0 Å². The zero-order valence-corrected chi connectivity index (χ0v) is 21.7. The first kappa shape index (κ1) is 22.1. The molecule has 0 amide bonds. The van der Waals surface area contributed by atoms with Crippen molar-refractivity contribution in [3.05, 3.63) is 99.5 Å². The van der Waals surface area contributed by atoms with Crippen LogP contribution in [-0.2, 0) is 13.1 Å². The molecule has 2 aliphatic rings. The Morgan fingerprint density at radius 2 is 1.70 bits per heavy atom. The van der Waals surface area contributed by atoms with Crippen LogP contribution in [0.25, 0.3) is 22.6 Å². The highest BCUT2D eigenvalue weighted by molar-refractivity contribution is 9.10. The first-order valence-electron chi connectivity index (χ1n) is 12.2. The van der Waals surface area contributed by atoms with Crippen LogP contribution in [0.4, 0.5) is 17.1 Å². The normalized spacial score (nSPS) is 14.3. The molecule has 0 saturated carbocycles. The molecule has 0 unspecified atom stereocenters. The van der Waals surface area contributed by atoms with Crippen molar-refractivity contribution < 1.29 is 9.52 Å². The van der Waals surface area contributed by atoms with Gasteiger partial charge in [-0.2, -0.15) is 0 Å². The van der Waals surface area contributed by atoms with E-state index in [1.807, 2.05) is 37.4 Å². The standard InChI is InChI=1S/C30H23BrN4O2/c1-18-2-9-29-25(10-18)33-30(37-29)24-6-5-23(13-28(24)36)32-14-19-3-7-26-20(11-19)15-34-17-35(26)16-21-12-22(31)4-8-27(21)34/h2-14,36H,15-17H2,1H3/b32-14+. The zero-order chi connectivity index (χ0) is 25.1. The average molecular weight is 551 g/mol. The largest absolute Gasteiger partial charge is 0.507 e. The molecule has 182 valence electrons. The van der Waals surface area contributed by atoms with E-state index in [1.54, 1.807) is 12.1 Å². The van der Waals surface area contributed by atoms with E-state index < -0.39 is 0 Å².